The van der Waals surface area contributed by atoms with Gasteiger partial charge in [0.1, 0.15) is 5.75 Å². The average Bonchev–Trinajstić information content (AvgIpc) is 2.83. The highest BCUT2D eigenvalue weighted by molar-refractivity contribution is 7.80. The van der Waals surface area contributed by atoms with Crippen LogP contribution in [0.5, 0.6) is 5.75 Å². The highest BCUT2D eigenvalue weighted by Gasteiger charge is 2.19. The molecule has 1 aliphatic heterocycles. The van der Waals surface area contributed by atoms with Crippen molar-refractivity contribution in [3.63, 3.8) is 0 Å². The number of carbonyl (C=O) groups is 1. The summed E-state index contributed by atoms with van der Waals surface area (Å²) in [5, 5.41) is 3.46. The maximum absolute atomic E-state index is 12.8. The molecule has 7 heteroatoms. The summed E-state index contributed by atoms with van der Waals surface area (Å²) in [4.78, 5) is 24.4. The van der Waals surface area contributed by atoms with E-state index in [1.54, 1.807) is 24.3 Å². The fraction of sp³-hybridized carbons (Fsp3) is 0.385. The van der Waals surface area contributed by atoms with Gasteiger partial charge in [0.15, 0.2) is 0 Å². The molecule has 1 N–H and O–H groups in total. The summed E-state index contributed by atoms with van der Waals surface area (Å²) in [7, 11) is 0. The second-order valence-corrected chi connectivity index (χ2v) is 9.39. The second kappa shape index (κ2) is 9.43. The fourth-order valence-corrected chi connectivity index (χ4v) is 4.70. The molecule has 1 amide bonds. The number of benzene rings is 2. The number of aromatic nitrogens is 2. The number of carbonyl (C=O) groups excluding carboxylic acids is 1. The molecule has 3 aromatic rings. The van der Waals surface area contributed by atoms with E-state index < -0.39 is 0 Å². The molecule has 1 aliphatic carbocycles. The fourth-order valence-electron chi connectivity index (χ4n) is 4.42. The number of nitrogens with one attached hydrogen (secondary N) is 1. The van der Waals surface area contributed by atoms with E-state index in [-0.39, 0.29) is 5.91 Å². The van der Waals surface area contributed by atoms with Gasteiger partial charge in [0, 0.05) is 24.3 Å². The van der Waals surface area contributed by atoms with Crippen molar-refractivity contribution in [1.82, 2.24) is 14.9 Å². The van der Waals surface area contributed by atoms with Gasteiger partial charge in [0.05, 0.1) is 22.4 Å². The van der Waals surface area contributed by atoms with Crippen molar-refractivity contribution in [2.24, 2.45) is 5.92 Å². The van der Waals surface area contributed by atoms with E-state index >= 15 is 0 Å². The Kier molecular flexibility index (Phi) is 6.22. The number of amides is 1. The van der Waals surface area contributed by atoms with Crippen molar-refractivity contribution in [2.45, 2.75) is 45.4 Å². The third-order valence-electron chi connectivity index (χ3n) is 6.52. The van der Waals surface area contributed by atoms with Gasteiger partial charge in [-0.25, -0.2) is 9.97 Å². The minimum atomic E-state index is -0.181. The summed E-state index contributed by atoms with van der Waals surface area (Å²) in [6, 6.07) is 12.8. The number of fused-ring (bicyclic) bond motifs is 2. The van der Waals surface area contributed by atoms with Crippen LogP contribution in [-0.4, -0.2) is 39.0 Å². The highest BCUT2D eigenvalue weighted by Crippen LogP contribution is 2.24. The third kappa shape index (κ3) is 4.98. The van der Waals surface area contributed by atoms with E-state index in [1.807, 2.05) is 18.2 Å². The predicted molar refractivity (Wildman–Crippen MR) is 134 cm³/mol. The predicted octanol–water partition coefficient (Wildman–Crippen LogP) is 5.16. The minimum Gasteiger partial charge on any atom is -0.432 e. The monoisotopic (exact) mass is 460 g/mol. The Morgan fingerprint density at radius 3 is 2.36 bits per heavy atom. The Balaban J connectivity index is 1.23. The average molecular weight is 461 g/mol. The van der Waals surface area contributed by atoms with Crippen LogP contribution < -0.4 is 10.1 Å². The summed E-state index contributed by atoms with van der Waals surface area (Å²) in [5.74, 6) is 1.20. The molecule has 1 fully saturated rings. The topological polar surface area (TPSA) is 67.3 Å². The summed E-state index contributed by atoms with van der Waals surface area (Å²) >= 11 is 5.45. The first-order valence-corrected chi connectivity index (χ1v) is 12.1. The van der Waals surface area contributed by atoms with Gasteiger partial charge in [-0.05, 0) is 99.1 Å². The summed E-state index contributed by atoms with van der Waals surface area (Å²) in [6.45, 7) is 4.13. The van der Waals surface area contributed by atoms with E-state index in [9.17, 15) is 4.79 Å². The van der Waals surface area contributed by atoms with Crippen molar-refractivity contribution in [3.05, 3.63) is 59.4 Å². The normalized spacial score (nSPS) is 16.3. The molecule has 0 radical (unpaired) electrons. The number of aryl methyl sites for hydroxylation is 2. The lowest BCUT2D eigenvalue weighted by Gasteiger charge is -2.31. The van der Waals surface area contributed by atoms with Gasteiger partial charge in [0.2, 0.25) is 0 Å². The lowest BCUT2D eigenvalue weighted by Crippen LogP contribution is -2.39. The summed E-state index contributed by atoms with van der Waals surface area (Å²) < 4.78 is 5.85. The van der Waals surface area contributed by atoms with Crippen LogP contribution in [-0.2, 0) is 12.8 Å². The highest BCUT2D eigenvalue weighted by atomic mass is 32.1. The van der Waals surface area contributed by atoms with Crippen molar-refractivity contribution < 1.29 is 9.53 Å². The number of thiocarbonyl (C=S) groups is 1. The number of hydrogen-bond donors (Lipinski definition) is 1. The van der Waals surface area contributed by atoms with Crippen LogP contribution in [0.15, 0.2) is 42.5 Å². The zero-order valence-corrected chi connectivity index (χ0v) is 19.7. The molecule has 1 saturated heterocycles. The van der Waals surface area contributed by atoms with Crippen molar-refractivity contribution in [2.75, 3.05) is 18.4 Å². The zero-order chi connectivity index (χ0) is 22.8. The molecule has 0 atom stereocenters. The Labute approximate surface area is 199 Å². The number of likely N-dealkylation sites (tertiary alicyclic amines) is 1. The molecular weight excluding hydrogens is 432 g/mol. The second-order valence-electron chi connectivity index (χ2n) is 9.04. The van der Waals surface area contributed by atoms with Gasteiger partial charge in [0.25, 0.3) is 11.1 Å². The minimum absolute atomic E-state index is 0.181. The zero-order valence-electron chi connectivity index (χ0n) is 18.8. The molecule has 5 rings (SSSR count). The van der Waals surface area contributed by atoms with Crippen LogP contribution in [0, 0.1) is 5.92 Å². The molecule has 1 aromatic heterocycles. The van der Waals surface area contributed by atoms with Crippen LogP contribution in [0.1, 0.15) is 54.4 Å². The maximum Gasteiger partial charge on any atom is 0.264 e. The van der Waals surface area contributed by atoms with E-state index in [4.69, 9.17) is 26.9 Å². The van der Waals surface area contributed by atoms with Gasteiger partial charge in [-0.2, -0.15) is 0 Å². The van der Waals surface area contributed by atoms with Crippen LogP contribution in [0.25, 0.3) is 11.0 Å². The maximum atomic E-state index is 12.8. The number of piperidine rings is 1. The Bertz CT molecular complexity index is 1190. The number of nitrogens with zero attached hydrogens (tertiary/aromatic N) is 3. The van der Waals surface area contributed by atoms with Crippen LogP contribution in [0.4, 0.5) is 5.69 Å². The lowest BCUT2D eigenvalue weighted by atomic mass is 10.00. The van der Waals surface area contributed by atoms with Crippen molar-refractivity contribution in [3.8, 4) is 5.75 Å². The van der Waals surface area contributed by atoms with Gasteiger partial charge in [-0.1, -0.05) is 6.92 Å². The van der Waals surface area contributed by atoms with Gasteiger partial charge >= 0.3 is 0 Å². The SMILES string of the molecule is CC1CCN(C(=S)Oc2ccc(C(=O)Nc3ccc4nc5c(nc4c3)CCCC5)cc2)CC1. The number of rotatable bonds is 3. The first kappa shape index (κ1) is 21.8. The summed E-state index contributed by atoms with van der Waals surface area (Å²) in [5.41, 5.74) is 5.15. The van der Waals surface area contributed by atoms with E-state index in [0.717, 1.165) is 73.5 Å². The smallest absolute Gasteiger partial charge is 0.264 e. The van der Waals surface area contributed by atoms with Crippen LogP contribution in [0.2, 0.25) is 0 Å². The molecule has 0 spiro atoms. The molecule has 0 unspecified atom stereocenters. The van der Waals surface area contributed by atoms with E-state index in [1.165, 1.54) is 6.42 Å². The van der Waals surface area contributed by atoms with Crippen LogP contribution >= 0.6 is 12.2 Å². The third-order valence-corrected chi connectivity index (χ3v) is 6.86. The molecule has 0 saturated carbocycles. The van der Waals surface area contributed by atoms with E-state index in [0.29, 0.717) is 22.2 Å². The lowest BCUT2D eigenvalue weighted by molar-refractivity contribution is 0.102. The molecule has 0 bridgehead atoms. The Morgan fingerprint density at radius 1 is 1.00 bits per heavy atom. The first-order valence-electron chi connectivity index (χ1n) is 11.7. The van der Waals surface area contributed by atoms with Gasteiger partial charge in [-0.3, -0.25) is 4.79 Å². The molecule has 2 aliphatic rings. The van der Waals surface area contributed by atoms with E-state index in [2.05, 4.69) is 17.1 Å². The molecule has 6 nitrogen and oxygen atoms in total. The molecule has 2 heterocycles. The standard InChI is InChI=1S/C26H28N4O2S/c1-17-12-14-30(15-13-17)26(33)32-20-9-6-18(7-10-20)25(31)27-19-8-11-23-24(16-19)29-22-5-3-2-4-21(22)28-23/h6-11,16-17H,2-5,12-15H2,1H3,(H,27,31). The van der Waals surface area contributed by atoms with Gasteiger partial charge in [-0.15, -0.1) is 0 Å². The van der Waals surface area contributed by atoms with Crippen LogP contribution in [0.3, 0.4) is 0 Å². The molecule has 33 heavy (non-hydrogen) atoms. The number of anilines is 1. The van der Waals surface area contributed by atoms with Gasteiger partial charge < -0.3 is 15.0 Å². The Hall–Kier alpha value is -3.06. The quantitative estimate of drug-likeness (QED) is 0.545. The number of hydrogen-bond acceptors (Lipinski definition) is 5. The summed E-state index contributed by atoms with van der Waals surface area (Å²) in [6.07, 6.45) is 6.57. The first-order chi connectivity index (χ1) is 16.0. The van der Waals surface area contributed by atoms with Crippen molar-refractivity contribution >= 4 is 40.0 Å². The molecule has 170 valence electrons. The van der Waals surface area contributed by atoms with Crippen molar-refractivity contribution in [1.29, 1.82) is 0 Å². The molecule has 2 aromatic carbocycles. The largest absolute Gasteiger partial charge is 0.432 e. The molecular formula is C26H28N4O2S. The number of ether oxygens (including phenoxy) is 1. The Morgan fingerprint density at radius 2 is 1.67 bits per heavy atom.